The number of rotatable bonds is 9. The number of oxime groups is 1. The molecule has 0 radical (unpaired) electrons. The van der Waals surface area contributed by atoms with E-state index < -0.39 is 40.8 Å². The number of amides is 2. The summed E-state index contributed by atoms with van der Waals surface area (Å²) in [5.41, 5.74) is 4.07. The first-order valence-electron chi connectivity index (χ1n) is 10.9. The number of anilines is 1. The van der Waals surface area contributed by atoms with Gasteiger partial charge in [-0.3, -0.25) is 14.5 Å². The van der Waals surface area contributed by atoms with Gasteiger partial charge in [0.1, 0.15) is 17.1 Å². The molecule has 13 nitrogen and oxygen atoms in total. The van der Waals surface area contributed by atoms with Gasteiger partial charge in [0.15, 0.2) is 29.8 Å². The van der Waals surface area contributed by atoms with Crippen molar-refractivity contribution >= 4 is 57.7 Å². The molecule has 5 N–H and O–H groups in total. The Morgan fingerprint density at radius 2 is 2.00 bits per heavy atom. The molecule has 2 aromatic heterocycles. The molecular formula is C22H23N6O7S2+. The minimum absolute atomic E-state index is 0.105. The molecule has 2 aliphatic rings. The highest BCUT2D eigenvalue weighted by Gasteiger charge is 2.54. The summed E-state index contributed by atoms with van der Waals surface area (Å²) >= 11 is 2.25. The van der Waals surface area contributed by atoms with Crippen LogP contribution in [0.2, 0.25) is 0 Å². The standard InChI is InChI=1S/C22H22N6O7S2/c1-22(2,20(33)34)35-26-13(12-8-24-21(23)37-12)16(29)25-14-17(30)28-15(19(31)32)11(10-36-18(14)28)9-27-6-4-3-5-7-27/h3-8,14,18H,9-10H2,1-2H3,(H4-,23,24,25,26,29,31,32,33,34)/p+1/t14-,18?/m1/s1. The molecule has 15 heteroatoms. The van der Waals surface area contributed by atoms with E-state index >= 15 is 0 Å². The van der Waals surface area contributed by atoms with Crippen molar-refractivity contribution in [1.29, 1.82) is 0 Å². The van der Waals surface area contributed by atoms with E-state index in [-0.39, 0.29) is 21.4 Å². The van der Waals surface area contributed by atoms with Gasteiger partial charge in [0.05, 0.1) is 4.88 Å². The number of carbonyl (C=O) groups is 4. The molecule has 2 atom stereocenters. The first kappa shape index (κ1) is 26.1. The fraction of sp³-hybridized carbons (Fsp3) is 0.318. The average Bonchev–Trinajstić information content (AvgIpc) is 3.28. The Morgan fingerprint density at radius 3 is 2.59 bits per heavy atom. The zero-order chi connectivity index (χ0) is 26.9. The van der Waals surface area contributed by atoms with Crippen molar-refractivity contribution in [2.75, 3.05) is 11.5 Å². The van der Waals surface area contributed by atoms with Gasteiger partial charge in [0, 0.05) is 29.7 Å². The van der Waals surface area contributed by atoms with Crippen LogP contribution in [0.15, 0.2) is 53.2 Å². The quantitative estimate of drug-likeness (QED) is 0.144. The summed E-state index contributed by atoms with van der Waals surface area (Å²) in [5, 5.41) is 25.0. The van der Waals surface area contributed by atoms with Gasteiger partial charge in [-0.25, -0.2) is 19.1 Å². The molecule has 1 fully saturated rings. The molecule has 0 aromatic carbocycles. The summed E-state index contributed by atoms with van der Waals surface area (Å²) in [7, 11) is 0. The second-order valence-electron chi connectivity index (χ2n) is 8.58. The van der Waals surface area contributed by atoms with Gasteiger partial charge in [0.25, 0.3) is 11.8 Å². The van der Waals surface area contributed by atoms with Crippen LogP contribution in [0, 0.1) is 0 Å². The summed E-state index contributed by atoms with van der Waals surface area (Å²) in [5.74, 6) is -3.61. The van der Waals surface area contributed by atoms with Crippen LogP contribution in [0.1, 0.15) is 18.7 Å². The number of nitrogen functional groups attached to an aromatic ring is 1. The molecule has 37 heavy (non-hydrogen) atoms. The number of fused-ring (bicyclic) bond motifs is 1. The maximum atomic E-state index is 13.1. The SMILES string of the molecule is CC(C)(O/N=C(\C(=O)N[C@@H]1C(=O)N2C(C(=O)O)=C(C[n+]3ccccc3)CSC12)c1cnc(N)s1)C(=O)O. The maximum Gasteiger partial charge on any atom is 0.352 e. The molecule has 4 rings (SSSR count). The largest absolute Gasteiger partial charge is 0.478 e. The van der Waals surface area contributed by atoms with E-state index in [1.807, 2.05) is 22.8 Å². The molecule has 0 aliphatic carbocycles. The van der Waals surface area contributed by atoms with Crippen LogP contribution in [0.3, 0.4) is 0 Å². The van der Waals surface area contributed by atoms with E-state index in [0.717, 1.165) is 11.3 Å². The van der Waals surface area contributed by atoms with Gasteiger partial charge in [-0.15, -0.1) is 11.8 Å². The molecule has 1 unspecified atom stereocenters. The number of aromatic nitrogens is 2. The number of nitrogens with two attached hydrogens (primary N) is 1. The highest BCUT2D eigenvalue weighted by Crippen LogP contribution is 2.40. The molecule has 2 amide bonds. The molecule has 2 aromatic rings. The number of thiazole rings is 1. The molecule has 194 valence electrons. The number of hydrogen-bond donors (Lipinski definition) is 4. The van der Waals surface area contributed by atoms with E-state index in [1.54, 1.807) is 12.4 Å². The van der Waals surface area contributed by atoms with Gasteiger partial charge in [-0.1, -0.05) is 22.6 Å². The normalized spacial score (nSPS) is 19.7. The third-order valence-corrected chi connectivity index (χ3v) is 7.71. The summed E-state index contributed by atoms with van der Waals surface area (Å²) in [4.78, 5) is 60.0. The highest BCUT2D eigenvalue weighted by molar-refractivity contribution is 8.00. The molecule has 0 saturated carbocycles. The summed E-state index contributed by atoms with van der Waals surface area (Å²) < 4.78 is 1.81. The second-order valence-corrected chi connectivity index (χ2v) is 10.7. The Labute approximate surface area is 218 Å². The molecule has 0 bridgehead atoms. The lowest BCUT2D eigenvalue weighted by Crippen LogP contribution is -2.71. The number of carboxylic acid groups (broad SMARTS) is 2. The molecule has 1 saturated heterocycles. The highest BCUT2D eigenvalue weighted by atomic mass is 32.2. The number of thioether (sulfide) groups is 1. The summed E-state index contributed by atoms with van der Waals surface area (Å²) in [6.07, 6.45) is 4.87. The number of aliphatic carboxylic acids is 2. The monoisotopic (exact) mass is 547 g/mol. The Hall–Kier alpha value is -3.98. The fourth-order valence-electron chi connectivity index (χ4n) is 3.57. The smallest absolute Gasteiger partial charge is 0.352 e. The second kappa shape index (κ2) is 10.2. The Balaban J connectivity index is 1.55. The number of carboxylic acids is 2. The topological polar surface area (TPSA) is 188 Å². The molecule has 2 aliphatic heterocycles. The zero-order valence-corrected chi connectivity index (χ0v) is 21.3. The van der Waals surface area contributed by atoms with Gasteiger partial charge in [-0.2, -0.15) is 0 Å². The van der Waals surface area contributed by atoms with Crippen molar-refractivity contribution in [3.63, 3.8) is 0 Å². The van der Waals surface area contributed by atoms with E-state index in [9.17, 15) is 29.4 Å². The van der Waals surface area contributed by atoms with Crippen LogP contribution in [0.5, 0.6) is 0 Å². The molecule has 0 spiro atoms. The van der Waals surface area contributed by atoms with E-state index in [2.05, 4.69) is 15.5 Å². The number of carbonyl (C=O) groups excluding carboxylic acids is 2. The van der Waals surface area contributed by atoms with Crippen LogP contribution in [0.4, 0.5) is 5.13 Å². The van der Waals surface area contributed by atoms with Gasteiger partial charge in [-0.05, 0) is 13.8 Å². The van der Waals surface area contributed by atoms with Crippen molar-refractivity contribution in [2.24, 2.45) is 5.16 Å². The summed E-state index contributed by atoms with van der Waals surface area (Å²) in [6.45, 7) is 2.81. The number of nitrogens with zero attached hydrogens (tertiary/aromatic N) is 4. The number of pyridine rings is 1. The summed E-state index contributed by atoms with van der Waals surface area (Å²) in [6, 6.07) is 4.45. The van der Waals surface area contributed by atoms with Crippen LogP contribution >= 0.6 is 23.1 Å². The fourth-order valence-corrected chi connectivity index (χ4v) is 5.57. The lowest BCUT2D eigenvalue weighted by molar-refractivity contribution is -0.689. The number of hydrogen-bond acceptors (Lipinski definition) is 10. The van der Waals surface area contributed by atoms with Crippen molar-refractivity contribution in [2.45, 2.75) is 37.4 Å². The number of β-lactam (4-membered cyclic amide) rings is 1. The predicted molar refractivity (Wildman–Crippen MR) is 132 cm³/mol. The minimum Gasteiger partial charge on any atom is -0.478 e. The average molecular weight is 548 g/mol. The lowest BCUT2D eigenvalue weighted by atomic mass is 10.0. The minimum atomic E-state index is -1.74. The molecule has 4 heterocycles. The van der Waals surface area contributed by atoms with Crippen molar-refractivity contribution in [3.8, 4) is 0 Å². The van der Waals surface area contributed by atoms with Gasteiger partial charge < -0.3 is 26.1 Å². The van der Waals surface area contributed by atoms with E-state index in [0.29, 0.717) is 17.9 Å². The Kier molecular flexibility index (Phi) is 7.18. The van der Waals surface area contributed by atoms with E-state index in [1.165, 1.54) is 36.7 Å². The lowest BCUT2D eigenvalue weighted by Gasteiger charge is -2.49. The molecular weight excluding hydrogens is 524 g/mol. The van der Waals surface area contributed by atoms with Crippen molar-refractivity contribution < 1.29 is 38.8 Å². The predicted octanol–water partition coefficient (Wildman–Crippen LogP) is 0.0355. The first-order chi connectivity index (χ1) is 17.5. The van der Waals surface area contributed by atoms with Gasteiger partial charge in [0.2, 0.25) is 5.60 Å². The Bertz CT molecular complexity index is 1320. The first-order valence-corrected chi connectivity index (χ1v) is 12.7. The maximum absolute atomic E-state index is 13.1. The van der Waals surface area contributed by atoms with Crippen LogP contribution < -0.4 is 15.6 Å². The van der Waals surface area contributed by atoms with Gasteiger partial charge >= 0.3 is 11.9 Å². The third-order valence-electron chi connectivity index (χ3n) is 5.54. The zero-order valence-electron chi connectivity index (χ0n) is 19.7. The third kappa shape index (κ3) is 5.27. The van der Waals surface area contributed by atoms with Crippen LogP contribution in [-0.4, -0.2) is 72.3 Å². The van der Waals surface area contributed by atoms with Crippen LogP contribution in [0.25, 0.3) is 0 Å². The number of nitrogens with one attached hydrogen (secondary N) is 1. The Morgan fingerprint density at radius 1 is 1.30 bits per heavy atom. The van der Waals surface area contributed by atoms with E-state index in [4.69, 9.17) is 10.6 Å². The van der Waals surface area contributed by atoms with Crippen molar-refractivity contribution in [3.05, 3.63) is 52.9 Å². The van der Waals surface area contributed by atoms with Crippen LogP contribution in [-0.2, 0) is 30.6 Å². The van der Waals surface area contributed by atoms with Crippen molar-refractivity contribution in [1.82, 2.24) is 15.2 Å².